The first-order valence-electron chi connectivity index (χ1n) is 9.14. The minimum Gasteiger partial charge on any atom is -0.357 e. The number of alkyl halides is 3. The van der Waals surface area contributed by atoms with Crippen LogP contribution in [0.1, 0.15) is 21.6 Å². The molecule has 0 spiro atoms. The quantitative estimate of drug-likeness (QED) is 0.519. The van der Waals surface area contributed by atoms with Crippen LogP contribution in [-0.2, 0) is 13.2 Å². The smallest absolute Gasteiger partial charge is 0.357 e. The number of hydrogen-bond acceptors (Lipinski definition) is 4. The minimum absolute atomic E-state index is 0.0351. The number of pyridine rings is 3. The van der Waals surface area contributed by atoms with Crippen LogP contribution in [0.15, 0.2) is 53.7 Å². The number of fused-ring (bicyclic) bond motifs is 1. The Balaban J connectivity index is 1.68. The second-order valence-electron chi connectivity index (χ2n) is 6.97. The number of aromatic nitrogens is 4. The highest BCUT2D eigenvalue weighted by Gasteiger charge is 2.32. The maximum atomic E-state index is 12.7. The van der Waals surface area contributed by atoms with E-state index in [1.165, 1.54) is 4.57 Å². The summed E-state index contributed by atoms with van der Waals surface area (Å²) in [6, 6.07) is 6.91. The van der Waals surface area contributed by atoms with Crippen LogP contribution in [0, 0.1) is 6.92 Å². The summed E-state index contributed by atoms with van der Waals surface area (Å²) >= 11 is 0. The molecule has 0 aliphatic heterocycles. The van der Waals surface area contributed by atoms with Gasteiger partial charge in [-0.2, -0.15) is 13.2 Å². The summed E-state index contributed by atoms with van der Waals surface area (Å²) in [5.74, 6) is -0.432. The van der Waals surface area contributed by atoms with Gasteiger partial charge in [-0.1, -0.05) is 6.07 Å². The molecule has 0 saturated carbocycles. The van der Waals surface area contributed by atoms with Crippen molar-refractivity contribution in [1.29, 1.82) is 0 Å². The Labute approximate surface area is 173 Å². The van der Waals surface area contributed by atoms with Crippen LogP contribution in [0.4, 0.5) is 19.0 Å². The number of halogens is 3. The maximum Gasteiger partial charge on any atom is 0.433 e. The number of hydrogen-bond donors (Lipinski definition) is 2. The van der Waals surface area contributed by atoms with Gasteiger partial charge < -0.3 is 14.9 Å². The molecule has 4 aromatic heterocycles. The first-order chi connectivity index (χ1) is 14.6. The highest BCUT2D eigenvalue weighted by atomic mass is 19.4. The van der Waals surface area contributed by atoms with E-state index in [0.29, 0.717) is 22.2 Å². The molecule has 1 amide bonds. The molecule has 2 N–H and O–H groups in total. The van der Waals surface area contributed by atoms with Gasteiger partial charge in [0.2, 0.25) is 0 Å². The minimum atomic E-state index is -4.58. The molecule has 0 fully saturated rings. The fourth-order valence-corrected chi connectivity index (χ4v) is 3.21. The van der Waals surface area contributed by atoms with E-state index in [1.807, 2.05) is 6.92 Å². The summed E-state index contributed by atoms with van der Waals surface area (Å²) in [6.45, 7) is 1.84. The number of carbonyl (C=O) groups excluding carboxylic acids is 1. The van der Waals surface area contributed by atoms with Crippen molar-refractivity contribution in [3.63, 3.8) is 0 Å². The van der Waals surface area contributed by atoms with Crippen LogP contribution in [0.3, 0.4) is 0 Å². The van der Waals surface area contributed by atoms with Crippen molar-refractivity contribution >= 4 is 22.6 Å². The molecular weight excluding hydrogens is 411 g/mol. The van der Waals surface area contributed by atoms with Gasteiger partial charge in [-0.15, -0.1) is 0 Å². The number of nitrogens with one attached hydrogen (secondary N) is 2. The van der Waals surface area contributed by atoms with Gasteiger partial charge in [-0.3, -0.25) is 14.6 Å². The number of rotatable bonds is 3. The fraction of sp³-hybridized carbons (Fsp3) is 0.143. The zero-order valence-electron chi connectivity index (χ0n) is 16.4. The Kier molecular flexibility index (Phi) is 4.84. The second kappa shape index (κ2) is 7.38. The van der Waals surface area contributed by atoms with E-state index in [-0.39, 0.29) is 16.9 Å². The van der Waals surface area contributed by atoms with Crippen molar-refractivity contribution in [3.05, 3.63) is 76.1 Å². The number of amides is 1. The lowest BCUT2D eigenvalue weighted by Gasteiger charge is -2.12. The zero-order chi connectivity index (χ0) is 22.3. The molecule has 10 heteroatoms. The second-order valence-corrected chi connectivity index (χ2v) is 6.97. The van der Waals surface area contributed by atoms with Gasteiger partial charge in [0.05, 0.1) is 11.3 Å². The normalized spacial score (nSPS) is 11.6. The largest absolute Gasteiger partial charge is 0.433 e. The number of carbonyl (C=O) groups is 1. The Bertz CT molecular complexity index is 1350. The average molecular weight is 427 g/mol. The Morgan fingerprint density at radius 2 is 1.94 bits per heavy atom. The highest BCUT2D eigenvalue weighted by Crippen LogP contribution is 2.29. The molecule has 0 bridgehead atoms. The molecule has 0 unspecified atom stereocenters. The molecule has 0 aliphatic carbocycles. The number of nitrogens with zero attached hydrogens (tertiary/aromatic N) is 3. The number of H-pyrrole nitrogens is 1. The first-order valence-corrected chi connectivity index (χ1v) is 9.14. The molecule has 0 aromatic carbocycles. The van der Waals surface area contributed by atoms with Crippen LogP contribution in [0.25, 0.3) is 22.2 Å². The third-order valence-electron chi connectivity index (χ3n) is 4.80. The van der Waals surface area contributed by atoms with Crippen molar-refractivity contribution < 1.29 is 18.0 Å². The van der Waals surface area contributed by atoms with Crippen molar-refractivity contribution in [3.8, 4) is 11.3 Å². The van der Waals surface area contributed by atoms with E-state index in [9.17, 15) is 22.8 Å². The van der Waals surface area contributed by atoms with E-state index in [0.717, 1.165) is 23.9 Å². The van der Waals surface area contributed by atoms with Crippen molar-refractivity contribution in [2.24, 2.45) is 7.05 Å². The molecule has 0 saturated heterocycles. The highest BCUT2D eigenvalue weighted by molar-refractivity contribution is 6.04. The first kappa shape index (κ1) is 20.3. The van der Waals surface area contributed by atoms with Crippen LogP contribution >= 0.6 is 0 Å². The van der Waals surface area contributed by atoms with Crippen LogP contribution in [-0.4, -0.2) is 25.4 Å². The third kappa shape index (κ3) is 3.79. The monoisotopic (exact) mass is 427 g/mol. The average Bonchev–Trinajstić information content (AvgIpc) is 3.22. The van der Waals surface area contributed by atoms with E-state index in [1.54, 1.807) is 37.6 Å². The summed E-state index contributed by atoms with van der Waals surface area (Å²) < 4.78 is 39.4. The molecule has 158 valence electrons. The number of aryl methyl sites for hydroxylation is 2. The predicted molar refractivity (Wildman–Crippen MR) is 109 cm³/mol. The van der Waals surface area contributed by atoms with Crippen LogP contribution in [0.5, 0.6) is 0 Å². The summed E-state index contributed by atoms with van der Waals surface area (Å²) in [5, 5.41) is 3.26. The van der Waals surface area contributed by atoms with Gasteiger partial charge in [-0.05, 0) is 36.8 Å². The molecule has 4 rings (SSSR count). The fourth-order valence-electron chi connectivity index (χ4n) is 3.21. The summed E-state index contributed by atoms with van der Waals surface area (Å²) in [6.07, 6.45) is -0.390. The van der Waals surface area contributed by atoms with Crippen molar-refractivity contribution in [2.75, 3.05) is 5.32 Å². The molecule has 31 heavy (non-hydrogen) atoms. The number of aromatic amines is 1. The molecule has 4 heterocycles. The van der Waals surface area contributed by atoms with Crippen molar-refractivity contribution in [1.82, 2.24) is 19.5 Å². The Morgan fingerprint density at radius 3 is 2.61 bits per heavy atom. The molecule has 4 aromatic rings. The van der Waals surface area contributed by atoms with Crippen molar-refractivity contribution in [2.45, 2.75) is 13.1 Å². The zero-order valence-corrected chi connectivity index (χ0v) is 16.4. The predicted octanol–water partition coefficient (Wildman–Crippen LogP) is 3.90. The van der Waals surface area contributed by atoms with E-state index < -0.39 is 17.8 Å². The Morgan fingerprint density at radius 1 is 1.16 bits per heavy atom. The lowest BCUT2D eigenvalue weighted by Crippen LogP contribution is -2.17. The summed E-state index contributed by atoms with van der Waals surface area (Å²) in [7, 11) is 1.63. The van der Waals surface area contributed by atoms with E-state index in [4.69, 9.17) is 0 Å². The van der Waals surface area contributed by atoms with Crippen LogP contribution < -0.4 is 10.9 Å². The Hall–Kier alpha value is -3.95. The summed E-state index contributed by atoms with van der Waals surface area (Å²) in [4.78, 5) is 35.5. The molecule has 0 radical (unpaired) electrons. The van der Waals surface area contributed by atoms with Gasteiger partial charge in [-0.25, -0.2) is 4.98 Å². The SMILES string of the molecule is Cc1ccc(NC(=O)c2ccc(C(F)(F)F)nc2)nc1-c1cn(C)c(=O)c2[nH]ccc12. The third-order valence-corrected chi connectivity index (χ3v) is 4.80. The molecule has 0 atom stereocenters. The summed E-state index contributed by atoms with van der Waals surface area (Å²) in [5.41, 5.74) is 1.21. The van der Waals surface area contributed by atoms with Gasteiger partial charge >= 0.3 is 6.18 Å². The topological polar surface area (TPSA) is 92.7 Å². The van der Waals surface area contributed by atoms with Gasteiger partial charge in [0.15, 0.2) is 0 Å². The standard InChI is InChI=1S/C21H16F3N5O2/c1-11-3-6-16(28-19(30)12-4-5-15(26-9-12)21(22,23)24)27-17(11)14-10-29(2)20(31)18-13(14)7-8-25-18/h3-10,25H,1-2H3,(H,27,28,30). The maximum absolute atomic E-state index is 12.7. The van der Waals surface area contributed by atoms with E-state index >= 15 is 0 Å². The number of anilines is 1. The van der Waals surface area contributed by atoms with E-state index in [2.05, 4.69) is 20.3 Å². The molecular formula is C21H16F3N5O2. The van der Waals surface area contributed by atoms with Gasteiger partial charge in [0.1, 0.15) is 17.0 Å². The van der Waals surface area contributed by atoms with Gasteiger partial charge in [0.25, 0.3) is 11.5 Å². The lowest BCUT2D eigenvalue weighted by atomic mass is 10.0. The van der Waals surface area contributed by atoms with Crippen LogP contribution in [0.2, 0.25) is 0 Å². The molecule has 0 aliphatic rings. The van der Waals surface area contributed by atoms with Gasteiger partial charge in [0, 0.05) is 36.6 Å². The molecule has 7 nitrogen and oxygen atoms in total. The lowest BCUT2D eigenvalue weighted by molar-refractivity contribution is -0.141.